The summed E-state index contributed by atoms with van der Waals surface area (Å²) in [5.74, 6) is 0.594. The Kier molecular flexibility index (Phi) is 4.88. The Bertz CT molecular complexity index is 815. The molecule has 1 amide bonds. The normalized spacial score (nSPS) is 15.2. The number of benzene rings is 1. The van der Waals surface area contributed by atoms with Crippen molar-refractivity contribution in [1.29, 1.82) is 0 Å². The van der Waals surface area contributed by atoms with Gasteiger partial charge >= 0.3 is 0 Å². The van der Waals surface area contributed by atoms with Gasteiger partial charge in [-0.2, -0.15) is 0 Å². The van der Waals surface area contributed by atoms with Crippen molar-refractivity contribution in [2.45, 2.75) is 39.7 Å². The second-order valence-corrected chi connectivity index (χ2v) is 6.82. The number of nitrogens with one attached hydrogen (secondary N) is 2. The SMILES string of the molecule is Cc1cc(C)cc(C(=O)NC2CCN(c3nc(C)cc(=O)[nH]3)CC2)c1. The number of hydrogen-bond donors (Lipinski definition) is 2. The molecule has 1 fully saturated rings. The first kappa shape index (κ1) is 17.2. The van der Waals surface area contributed by atoms with Crippen LogP contribution in [0.4, 0.5) is 5.95 Å². The van der Waals surface area contributed by atoms with E-state index >= 15 is 0 Å². The average molecular weight is 340 g/mol. The Morgan fingerprint density at radius 2 is 1.76 bits per heavy atom. The quantitative estimate of drug-likeness (QED) is 0.897. The lowest BCUT2D eigenvalue weighted by Crippen LogP contribution is -2.45. The number of hydrogen-bond acceptors (Lipinski definition) is 4. The van der Waals surface area contributed by atoms with E-state index in [2.05, 4.69) is 26.3 Å². The van der Waals surface area contributed by atoms with Crippen molar-refractivity contribution in [3.8, 4) is 0 Å². The molecule has 2 N–H and O–H groups in total. The number of carbonyl (C=O) groups excluding carboxylic acids is 1. The number of amides is 1. The van der Waals surface area contributed by atoms with Crippen LogP contribution in [0.15, 0.2) is 29.1 Å². The number of aryl methyl sites for hydroxylation is 3. The number of H-pyrrole nitrogens is 1. The predicted octanol–water partition coefficient (Wildman–Crippen LogP) is 2.09. The third-order valence-corrected chi connectivity index (χ3v) is 4.47. The highest BCUT2D eigenvalue weighted by molar-refractivity contribution is 5.94. The minimum atomic E-state index is -0.132. The summed E-state index contributed by atoms with van der Waals surface area (Å²) in [7, 11) is 0. The molecular formula is C19H24N4O2. The summed E-state index contributed by atoms with van der Waals surface area (Å²) in [6.07, 6.45) is 1.66. The number of aromatic amines is 1. The fourth-order valence-corrected chi connectivity index (χ4v) is 3.32. The van der Waals surface area contributed by atoms with Crippen molar-refractivity contribution in [1.82, 2.24) is 15.3 Å². The maximum Gasteiger partial charge on any atom is 0.252 e. The topological polar surface area (TPSA) is 78.1 Å². The second kappa shape index (κ2) is 7.09. The van der Waals surface area contributed by atoms with E-state index in [9.17, 15) is 9.59 Å². The van der Waals surface area contributed by atoms with Crippen LogP contribution in [-0.2, 0) is 0 Å². The first-order chi connectivity index (χ1) is 11.9. The van der Waals surface area contributed by atoms with Gasteiger partial charge in [-0.1, -0.05) is 17.2 Å². The highest BCUT2D eigenvalue weighted by Crippen LogP contribution is 2.16. The number of anilines is 1. The molecule has 0 radical (unpaired) electrons. The largest absolute Gasteiger partial charge is 0.349 e. The maximum absolute atomic E-state index is 12.5. The Morgan fingerprint density at radius 3 is 2.36 bits per heavy atom. The molecule has 2 aromatic rings. The molecular weight excluding hydrogens is 316 g/mol. The fourth-order valence-electron chi connectivity index (χ4n) is 3.32. The summed E-state index contributed by atoms with van der Waals surface area (Å²) in [5.41, 5.74) is 3.48. The van der Waals surface area contributed by atoms with Crippen molar-refractivity contribution < 1.29 is 4.79 Å². The zero-order chi connectivity index (χ0) is 18.0. The Balaban J connectivity index is 1.60. The molecule has 1 aromatic heterocycles. The summed E-state index contributed by atoms with van der Waals surface area (Å²) < 4.78 is 0. The molecule has 25 heavy (non-hydrogen) atoms. The monoisotopic (exact) mass is 340 g/mol. The van der Waals surface area contributed by atoms with Gasteiger partial charge in [0.15, 0.2) is 0 Å². The standard InChI is InChI=1S/C19H24N4O2/c1-12-8-13(2)10-15(9-12)18(25)21-16-4-6-23(7-5-16)19-20-14(3)11-17(24)22-19/h8-11,16H,4-7H2,1-3H3,(H,21,25)(H,20,22,24). The van der Waals surface area contributed by atoms with Crippen LogP contribution in [0.5, 0.6) is 0 Å². The lowest BCUT2D eigenvalue weighted by atomic mass is 10.0. The fraction of sp³-hybridized carbons (Fsp3) is 0.421. The minimum absolute atomic E-state index is 0.0210. The summed E-state index contributed by atoms with van der Waals surface area (Å²) in [5, 5.41) is 3.13. The van der Waals surface area contributed by atoms with Gasteiger partial charge in [-0.05, 0) is 45.7 Å². The zero-order valence-electron chi connectivity index (χ0n) is 14.9. The van der Waals surface area contributed by atoms with Crippen molar-refractivity contribution in [3.05, 3.63) is 57.0 Å². The zero-order valence-corrected chi connectivity index (χ0v) is 14.9. The van der Waals surface area contributed by atoms with E-state index in [4.69, 9.17) is 0 Å². The van der Waals surface area contributed by atoms with Gasteiger partial charge in [0.1, 0.15) is 0 Å². The van der Waals surface area contributed by atoms with Crippen molar-refractivity contribution in [2.24, 2.45) is 0 Å². The van der Waals surface area contributed by atoms with Crippen molar-refractivity contribution in [2.75, 3.05) is 18.0 Å². The molecule has 0 saturated carbocycles. The van der Waals surface area contributed by atoms with Crippen LogP contribution >= 0.6 is 0 Å². The lowest BCUT2D eigenvalue weighted by Gasteiger charge is -2.32. The number of nitrogens with zero attached hydrogens (tertiary/aromatic N) is 2. The van der Waals surface area contributed by atoms with E-state index in [1.54, 1.807) is 0 Å². The van der Waals surface area contributed by atoms with E-state index in [0.29, 0.717) is 17.2 Å². The third kappa shape index (κ3) is 4.26. The van der Waals surface area contributed by atoms with Crippen LogP contribution in [-0.4, -0.2) is 35.0 Å². The van der Waals surface area contributed by atoms with E-state index in [-0.39, 0.29) is 17.5 Å². The summed E-state index contributed by atoms with van der Waals surface area (Å²) in [6.45, 7) is 7.32. The van der Waals surface area contributed by atoms with Gasteiger partial charge in [0, 0.05) is 36.5 Å². The first-order valence-corrected chi connectivity index (χ1v) is 8.63. The third-order valence-electron chi connectivity index (χ3n) is 4.47. The van der Waals surface area contributed by atoms with Gasteiger partial charge < -0.3 is 10.2 Å². The molecule has 0 aliphatic carbocycles. The van der Waals surface area contributed by atoms with Crippen LogP contribution in [0, 0.1) is 20.8 Å². The van der Waals surface area contributed by atoms with Crippen molar-refractivity contribution in [3.63, 3.8) is 0 Å². The molecule has 0 spiro atoms. The van der Waals surface area contributed by atoms with E-state index in [1.165, 1.54) is 6.07 Å². The smallest absolute Gasteiger partial charge is 0.252 e. The van der Waals surface area contributed by atoms with Gasteiger partial charge in [-0.3, -0.25) is 14.6 Å². The minimum Gasteiger partial charge on any atom is -0.349 e. The van der Waals surface area contributed by atoms with Crippen LogP contribution in [0.3, 0.4) is 0 Å². The molecule has 2 heterocycles. The molecule has 1 aliphatic rings. The Labute approximate surface area is 147 Å². The van der Waals surface area contributed by atoms with Gasteiger partial charge in [0.2, 0.25) is 5.95 Å². The van der Waals surface area contributed by atoms with Crippen LogP contribution < -0.4 is 15.8 Å². The molecule has 6 nitrogen and oxygen atoms in total. The molecule has 132 valence electrons. The van der Waals surface area contributed by atoms with Gasteiger partial charge in [0.25, 0.3) is 11.5 Å². The number of piperidine rings is 1. The molecule has 0 unspecified atom stereocenters. The molecule has 0 bridgehead atoms. The lowest BCUT2D eigenvalue weighted by molar-refractivity contribution is 0.0931. The van der Waals surface area contributed by atoms with Crippen molar-refractivity contribution >= 4 is 11.9 Å². The maximum atomic E-state index is 12.5. The van der Waals surface area contributed by atoms with E-state index in [1.807, 2.05) is 32.9 Å². The van der Waals surface area contributed by atoms with Gasteiger partial charge in [-0.25, -0.2) is 4.98 Å². The van der Waals surface area contributed by atoms with E-state index in [0.717, 1.165) is 37.1 Å². The molecule has 1 saturated heterocycles. The molecule has 0 atom stereocenters. The van der Waals surface area contributed by atoms with E-state index < -0.39 is 0 Å². The predicted molar refractivity (Wildman–Crippen MR) is 98.2 cm³/mol. The molecule has 1 aromatic carbocycles. The number of rotatable bonds is 3. The second-order valence-electron chi connectivity index (χ2n) is 6.82. The van der Waals surface area contributed by atoms with Crippen LogP contribution in [0.25, 0.3) is 0 Å². The molecule has 1 aliphatic heterocycles. The number of carbonyl (C=O) groups is 1. The van der Waals surface area contributed by atoms with Crippen LogP contribution in [0.2, 0.25) is 0 Å². The Hall–Kier alpha value is -2.63. The molecule has 6 heteroatoms. The molecule has 3 rings (SSSR count). The number of aromatic nitrogens is 2. The Morgan fingerprint density at radius 1 is 1.12 bits per heavy atom. The summed E-state index contributed by atoms with van der Waals surface area (Å²) in [4.78, 5) is 33.3. The average Bonchev–Trinajstić information content (AvgIpc) is 2.53. The first-order valence-electron chi connectivity index (χ1n) is 8.63. The van der Waals surface area contributed by atoms with Crippen LogP contribution in [0.1, 0.15) is 40.0 Å². The summed E-state index contributed by atoms with van der Waals surface area (Å²) >= 11 is 0. The highest BCUT2D eigenvalue weighted by Gasteiger charge is 2.22. The summed E-state index contributed by atoms with van der Waals surface area (Å²) in [6, 6.07) is 7.52. The van der Waals surface area contributed by atoms with Gasteiger partial charge in [-0.15, -0.1) is 0 Å². The van der Waals surface area contributed by atoms with Gasteiger partial charge in [0.05, 0.1) is 0 Å². The highest BCUT2D eigenvalue weighted by atomic mass is 16.1.